The van der Waals surface area contributed by atoms with Crippen LogP contribution >= 0.6 is 0 Å². The molecule has 1 heterocycles. The monoisotopic (exact) mass is 296 g/mol. The molecule has 1 rings (SSSR count). The van der Waals surface area contributed by atoms with Crippen LogP contribution in [-0.4, -0.2) is 36.1 Å². The zero-order valence-electron chi connectivity index (χ0n) is 15.9. The van der Waals surface area contributed by atoms with Gasteiger partial charge in [0.2, 0.25) is 0 Å². The molecule has 0 radical (unpaired) electrons. The first kappa shape index (κ1) is 19.0. The van der Waals surface area contributed by atoms with Crippen molar-refractivity contribution < 1.29 is 0 Å². The second kappa shape index (κ2) is 7.46. The Labute approximate surface area is 134 Å². The third kappa shape index (κ3) is 6.69. The van der Waals surface area contributed by atoms with Crippen LogP contribution in [-0.2, 0) is 0 Å². The largest absolute Gasteiger partial charge is 0.311 e. The van der Waals surface area contributed by atoms with Gasteiger partial charge in [0.25, 0.3) is 0 Å². The number of likely N-dealkylation sites (tertiary alicyclic amines) is 1. The molecule has 1 N–H and O–H groups in total. The van der Waals surface area contributed by atoms with Crippen LogP contribution in [0.15, 0.2) is 0 Å². The quantitative estimate of drug-likeness (QED) is 0.819. The van der Waals surface area contributed by atoms with Gasteiger partial charge in [0, 0.05) is 18.1 Å². The maximum atomic E-state index is 3.72. The van der Waals surface area contributed by atoms with Crippen LogP contribution in [0, 0.1) is 17.3 Å². The van der Waals surface area contributed by atoms with Gasteiger partial charge < -0.3 is 5.32 Å². The minimum Gasteiger partial charge on any atom is -0.311 e. The third-order valence-corrected chi connectivity index (χ3v) is 5.07. The van der Waals surface area contributed by atoms with Crippen LogP contribution in [0.1, 0.15) is 74.7 Å². The molecule has 2 atom stereocenters. The highest BCUT2D eigenvalue weighted by atomic mass is 15.2. The van der Waals surface area contributed by atoms with Crippen molar-refractivity contribution in [3.05, 3.63) is 0 Å². The Morgan fingerprint density at radius 1 is 1.00 bits per heavy atom. The van der Waals surface area contributed by atoms with Crippen molar-refractivity contribution in [1.82, 2.24) is 10.2 Å². The molecule has 0 aromatic rings. The number of nitrogens with zero attached hydrogens (tertiary/aromatic N) is 1. The SMILES string of the molecule is CC(C)C(CNC(C)(C)C)N1CCCC(C(C)(C)C)CC1. The van der Waals surface area contributed by atoms with E-state index in [0.29, 0.717) is 17.4 Å². The van der Waals surface area contributed by atoms with E-state index in [-0.39, 0.29) is 5.54 Å². The lowest BCUT2D eigenvalue weighted by molar-refractivity contribution is 0.140. The maximum absolute atomic E-state index is 3.72. The molecule has 21 heavy (non-hydrogen) atoms. The Morgan fingerprint density at radius 2 is 1.62 bits per heavy atom. The zero-order chi connectivity index (χ0) is 16.3. The van der Waals surface area contributed by atoms with E-state index in [0.717, 1.165) is 12.5 Å². The molecule has 1 fully saturated rings. The van der Waals surface area contributed by atoms with Crippen LogP contribution < -0.4 is 5.32 Å². The third-order valence-electron chi connectivity index (χ3n) is 5.07. The van der Waals surface area contributed by atoms with Crippen LogP contribution in [0.5, 0.6) is 0 Å². The van der Waals surface area contributed by atoms with Gasteiger partial charge in [-0.3, -0.25) is 4.90 Å². The van der Waals surface area contributed by atoms with E-state index in [9.17, 15) is 0 Å². The summed E-state index contributed by atoms with van der Waals surface area (Å²) < 4.78 is 0. The Kier molecular flexibility index (Phi) is 6.74. The molecule has 126 valence electrons. The summed E-state index contributed by atoms with van der Waals surface area (Å²) in [5, 5.41) is 3.72. The predicted octanol–water partition coefficient (Wildman–Crippen LogP) is 4.55. The highest BCUT2D eigenvalue weighted by molar-refractivity contribution is 4.85. The fourth-order valence-corrected chi connectivity index (χ4v) is 3.51. The molecule has 1 aliphatic heterocycles. The Morgan fingerprint density at radius 3 is 2.10 bits per heavy atom. The lowest BCUT2D eigenvalue weighted by atomic mass is 9.77. The molecule has 1 saturated heterocycles. The highest BCUT2D eigenvalue weighted by Crippen LogP contribution is 2.35. The Bertz CT molecular complexity index is 296. The number of rotatable bonds is 4. The van der Waals surface area contributed by atoms with Crippen molar-refractivity contribution in [3.8, 4) is 0 Å². The van der Waals surface area contributed by atoms with E-state index >= 15 is 0 Å². The molecule has 0 bridgehead atoms. The first-order valence-corrected chi connectivity index (χ1v) is 9.00. The van der Waals surface area contributed by atoms with E-state index in [2.05, 4.69) is 65.6 Å². The molecule has 0 saturated carbocycles. The molecule has 0 spiro atoms. The van der Waals surface area contributed by atoms with Crippen molar-refractivity contribution in [2.45, 2.75) is 86.2 Å². The van der Waals surface area contributed by atoms with Crippen molar-refractivity contribution in [2.24, 2.45) is 17.3 Å². The maximum Gasteiger partial charge on any atom is 0.0243 e. The van der Waals surface area contributed by atoms with Gasteiger partial charge in [-0.1, -0.05) is 34.6 Å². The normalized spacial score (nSPS) is 24.1. The molecule has 2 unspecified atom stereocenters. The minimum atomic E-state index is 0.215. The minimum absolute atomic E-state index is 0.215. The topological polar surface area (TPSA) is 15.3 Å². The number of nitrogens with one attached hydrogen (secondary N) is 1. The van der Waals surface area contributed by atoms with Crippen LogP contribution in [0.25, 0.3) is 0 Å². The summed E-state index contributed by atoms with van der Waals surface area (Å²) in [7, 11) is 0. The van der Waals surface area contributed by atoms with Crippen LogP contribution in [0.2, 0.25) is 0 Å². The average molecular weight is 297 g/mol. The first-order chi connectivity index (χ1) is 9.50. The van der Waals surface area contributed by atoms with Crippen LogP contribution in [0.3, 0.4) is 0 Å². The van der Waals surface area contributed by atoms with Gasteiger partial charge in [-0.25, -0.2) is 0 Å². The summed E-state index contributed by atoms with van der Waals surface area (Å²) >= 11 is 0. The summed E-state index contributed by atoms with van der Waals surface area (Å²) in [6, 6.07) is 0.669. The lowest BCUT2D eigenvalue weighted by Gasteiger charge is -2.36. The lowest BCUT2D eigenvalue weighted by Crippen LogP contribution is -2.50. The zero-order valence-corrected chi connectivity index (χ0v) is 15.9. The van der Waals surface area contributed by atoms with E-state index < -0.39 is 0 Å². The fourth-order valence-electron chi connectivity index (χ4n) is 3.51. The Balaban J connectivity index is 2.63. The van der Waals surface area contributed by atoms with Crippen molar-refractivity contribution in [3.63, 3.8) is 0 Å². The summed E-state index contributed by atoms with van der Waals surface area (Å²) in [5.41, 5.74) is 0.680. The molecular formula is C19H40N2. The molecule has 0 aromatic carbocycles. The fraction of sp³-hybridized carbons (Fsp3) is 1.00. The van der Waals surface area contributed by atoms with E-state index in [4.69, 9.17) is 0 Å². The summed E-state index contributed by atoms with van der Waals surface area (Å²) in [6.45, 7) is 22.5. The van der Waals surface area contributed by atoms with Crippen molar-refractivity contribution in [2.75, 3.05) is 19.6 Å². The van der Waals surface area contributed by atoms with Gasteiger partial charge in [0.15, 0.2) is 0 Å². The van der Waals surface area contributed by atoms with Crippen molar-refractivity contribution >= 4 is 0 Å². The standard InChI is InChI=1S/C19H40N2/c1-15(2)17(14-20-19(6,7)8)21-12-9-10-16(11-13-21)18(3,4)5/h15-17,20H,9-14H2,1-8H3. The van der Waals surface area contributed by atoms with Gasteiger partial charge in [-0.2, -0.15) is 0 Å². The summed E-state index contributed by atoms with van der Waals surface area (Å²) in [4.78, 5) is 2.76. The molecule has 0 aliphatic carbocycles. The second-order valence-corrected chi connectivity index (χ2v) is 9.47. The molecule has 2 nitrogen and oxygen atoms in total. The molecule has 0 amide bonds. The van der Waals surface area contributed by atoms with Gasteiger partial charge in [-0.15, -0.1) is 0 Å². The van der Waals surface area contributed by atoms with Gasteiger partial charge in [-0.05, 0) is 70.4 Å². The number of hydrogen-bond donors (Lipinski definition) is 1. The highest BCUT2D eigenvalue weighted by Gasteiger charge is 2.30. The molecule has 2 heteroatoms. The molecule has 0 aromatic heterocycles. The second-order valence-electron chi connectivity index (χ2n) is 9.47. The van der Waals surface area contributed by atoms with Crippen molar-refractivity contribution in [1.29, 1.82) is 0 Å². The smallest absolute Gasteiger partial charge is 0.0243 e. The van der Waals surface area contributed by atoms with E-state index in [1.54, 1.807) is 0 Å². The molecule has 1 aliphatic rings. The summed E-state index contributed by atoms with van der Waals surface area (Å²) in [6.07, 6.45) is 4.13. The predicted molar refractivity (Wildman–Crippen MR) is 94.8 cm³/mol. The number of hydrogen-bond acceptors (Lipinski definition) is 2. The first-order valence-electron chi connectivity index (χ1n) is 9.00. The van der Waals surface area contributed by atoms with E-state index in [1.165, 1.54) is 32.4 Å². The van der Waals surface area contributed by atoms with Gasteiger partial charge in [0.1, 0.15) is 0 Å². The Hall–Kier alpha value is -0.0800. The summed E-state index contributed by atoms with van der Waals surface area (Å²) in [5.74, 6) is 1.59. The molecular weight excluding hydrogens is 256 g/mol. The average Bonchev–Trinajstić information content (AvgIpc) is 2.52. The van der Waals surface area contributed by atoms with E-state index in [1.807, 2.05) is 0 Å². The van der Waals surface area contributed by atoms with Crippen LogP contribution in [0.4, 0.5) is 0 Å². The van der Waals surface area contributed by atoms with Gasteiger partial charge in [0.05, 0.1) is 0 Å². The van der Waals surface area contributed by atoms with Gasteiger partial charge >= 0.3 is 0 Å².